The molecular formula is C11H16F3N3O2. The van der Waals surface area contributed by atoms with Gasteiger partial charge in [0, 0.05) is 12.6 Å². The highest BCUT2D eigenvalue weighted by molar-refractivity contribution is 5.88. The van der Waals surface area contributed by atoms with Crippen LogP contribution in [-0.2, 0) is 4.79 Å². The van der Waals surface area contributed by atoms with Crippen LogP contribution >= 0.6 is 0 Å². The first-order valence-corrected chi connectivity index (χ1v) is 6.28. The Morgan fingerprint density at radius 2 is 1.95 bits per heavy atom. The molecule has 0 spiro atoms. The van der Waals surface area contributed by atoms with Gasteiger partial charge in [0.15, 0.2) is 0 Å². The molecule has 5 nitrogen and oxygen atoms in total. The number of nitrogens with zero attached hydrogens (tertiary/aromatic N) is 1. The Hall–Kier alpha value is -1.47. The molecule has 108 valence electrons. The summed E-state index contributed by atoms with van der Waals surface area (Å²) >= 11 is 0. The van der Waals surface area contributed by atoms with Gasteiger partial charge in [0.25, 0.3) is 0 Å². The zero-order valence-corrected chi connectivity index (χ0v) is 10.3. The van der Waals surface area contributed by atoms with Crippen molar-refractivity contribution in [3.63, 3.8) is 0 Å². The van der Waals surface area contributed by atoms with Gasteiger partial charge in [-0.1, -0.05) is 0 Å². The van der Waals surface area contributed by atoms with Crippen molar-refractivity contribution in [1.29, 1.82) is 0 Å². The van der Waals surface area contributed by atoms with Gasteiger partial charge < -0.3 is 15.5 Å². The van der Waals surface area contributed by atoms with Crippen LogP contribution in [-0.4, -0.2) is 48.2 Å². The van der Waals surface area contributed by atoms with Crippen molar-refractivity contribution in [3.8, 4) is 0 Å². The second-order valence-electron chi connectivity index (χ2n) is 4.96. The predicted molar refractivity (Wildman–Crippen MR) is 60.3 cm³/mol. The van der Waals surface area contributed by atoms with Gasteiger partial charge in [0.05, 0.1) is 0 Å². The van der Waals surface area contributed by atoms with E-state index < -0.39 is 30.7 Å². The molecule has 1 saturated carbocycles. The number of halogens is 3. The minimum Gasteiger partial charge on any atom is -0.335 e. The Morgan fingerprint density at radius 1 is 1.26 bits per heavy atom. The highest BCUT2D eigenvalue weighted by Gasteiger charge is 2.39. The molecule has 2 aliphatic rings. The first-order valence-electron chi connectivity index (χ1n) is 6.28. The van der Waals surface area contributed by atoms with Gasteiger partial charge in [-0.2, -0.15) is 13.2 Å². The molecule has 0 radical (unpaired) electrons. The monoisotopic (exact) mass is 279 g/mol. The number of rotatable bonds is 3. The number of nitrogens with one attached hydrogen (secondary N) is 2. The zero-order chi connectivity index (χ0) is 14.0. The molecular weight excluding hydrogens is 263 g/mol. The Bertz CT molecular complexity index is 369. The summed E-state index contributed by atoms with van der Waals surface area (Å²) in [4.78, 5) is 23.9. The largest absolute Gasteiger partial charge is 0.406 e. The van der Waals surface area contributed by atoms with Crippen LogP contribution in [0.2, 0.25) is 0 Å². The van der Waals surface area contributed by atoms with E-state index in [4.69, 9.17) is 0 Å². The van der Waals surface area contributed by atoms with Gasteiger partial charge in [0.2, 0.25) is 5.91 Å². The minimum absolute atomic E-state index is 0.0206. The number of alkyl halides is 3. The van der Waals surface area contributed by atoms with Crippen LogP contribution in [0, 0.1) is 0 Å². The summed E-state index contributed by atoms with van der Waals surface area (Å²) in [6, 6.07) is -1.19. The van der Waals surface area contributed by atoms with Crippen molar-refractivity contribution in [2.24, 2.45) is 0 Å². The fourth-order valence-corrected chi connectivity index (χ4v) is 2.18. The van der Waals surface area contributed by atoms with E-state index in [-0.39, 0.29) is 19.0 Å². The first kappa shape index (κ1) is 14.0. The lowest BCUT2D eigenvalue weighted by Gasteiger charge is -2.27. The van der Waals surface area contributed by atoms with Crippen molar-refractivity contribution in [2.75, 3.05) is 13.1 Å². The third-order valence-electron chi connectivity index (χ3n) is 3.41. The van der Waals surface area contributed by atoms with Gasteiger partial charge in [-0.3, -0.25) is 4.79 Å². The topological polar surface area (TPSA) is 61.4 Å². The lowest BCUT2D eigenvalue weighted by molar-refractivity contribution is -0.157. The molecule has 0 unspecified atom stereocenters. The van der Waals surface area contributed by atoms with Gasteiger partial charge >= 0.3 is 12.2 Å². The predicted octanol–water partition coefficient (Wildman–Crippen LogP) is 1.00. The fraction of sp³-hybridized carbons (Fsp3) is 0.818. The maximum atomic E-state index is 12.2. The maximum Gasteiger partial charge on any atom is 0.406 e. The molecule has 1 heterocycles. The highest BCUT2D eigenvalue weighted by atomic mass is 19.4. The summed E-state index contributed by atoms with van der Waals surface area (Å²) in [5, 5.41) is 5.12. The maximum absolute atomic E-state index is 12.2. The van der Waals surface area contributed by atoms with E-state index in [0.29, 0.717) is 0 Å². The molecule has 1 atom stereocenters. The van der Waals surface area contributed by atoms with E-state index in [1.807, 2.05) is 0 Å². The number of carbonyl (C=O) groups is 2. The summed E-state index contributed by atoms with van der Waals surface area (Å²) in [5.41, 5.74) is 0. The third-order valence-corrected chi connectivity index (χ3v) is 3.41. The van der Waals surface area contributed by atoms with Gasteiger partial charge in [-0.25, -0.2) is 4.79 Å². The standard InChI is InChI=1S/C11H16F3N3O2/c12-11(13,14)6-17-5-4-8(9(17)18)16-10(19)15-7-2-1-3-7/h7-8H,1-6H2,(H2,15,16,19)/t8-/m1/s1. The van der Waals surface area contributed by atoms with E-state index in [0.717, 1.165) is 24.2 Å². The lowest BCUT2D eigenvalue weighted by atomic mass is 9.93. The molecule has 1 saturated heterocycles. The summed E-state index contributed by atoms with van der Waals surface area (Å²) in [6.45, 7) is -1.24. The van der Waals surface area contributed by atoms with Crippen molar-refractivity contribution in [1.82, 2.24) is 15.5 Å². The van der Waals surface area contributed by atoms with Crippen molar-refractivity contribution >= 4 is 11.9 Å². The number of hydrogen-bond donors (Lipinski definition) is 2. The van der Waals surface area contributed by atoms with Crippen molar-refractivity contribution < 1.29 is 22.8 Å². The van der Waals surface area contributed by atoms with E-state index in [1.165, 1.54) is 0 Å². The summed E-state index contributed by atoms with van der Waals surface area (Å²) in [6.07, 6.45) is -1.31. The number of carbonyl (C=O) groups excluding carboxylic acids is 2. The number of amides is 3. The van der Waals surface area contributed by atoms with Gasteiger partial charge in [-0.05, 0) is 25.7 Å². The smallest absolute Gasteiger partial charge is 0.335 e. The van der Waals surface area contributed by atoms with Gasteiger partial charge in [0.1, 0.15) is 12.6 Å². The molecule has 2 rings (SSSR count). The van der Waals surface area contributed by atoms with Crippen LogP contribution in [0.5, 0.6) is 0 Å². The Labute approximate surface area is 108 Å². The summed E-state index contributed by atoms with van der Waals surface area (Å²) < 4.78 is 36.6. The molecule has 8 heteroatoms. The summed E-state index contributed by atoms with van der Waals surface area (Å²) in [5.74, 6) is -0.666. The van der Waals surface area contributed by atoms with Crippen LogP contribution in [0.3, 0.4) is 0 Å². The van der Waals surface area contributed by atoms with Crippen LogP contribution in [0.1, 0.15) is 25.7 Å². The highest BCUT2D eigenvalue weighted by Crippen LogP contribution is 2.21. The van der Waals surface area contributed by atoms with Crippen LogP contribution in [0.25, 0.3) is 0 Å². The molecule has 0 aromatic rings. The van der Waals surface area contributed by atoms with E-state index in [9.17, 15) is 22.8 Å². The Balaban J connectivity index is 1.78. The minimum atomic E-state index is -4.40. The second kappa shape index (κ2) is 5.26. The van der Waals surface area contributed by atoms with Crippen LogP contribution < -0.4 is 10.6 Å². The van der Waals surface area contributed by atoms with Gasteiger partial charge in [-0.15, -0.1) is 0 Å². The van der Waals surface area contributed by atoms with E-state index in [1.54, 1.807) is 0 Å². The molecule has 3 amide bonds. The van der Waals surface area contributed by atoms with Crippen LogP contribution in [0.15, 0.2) is 0 Å². The zero-order valence-electron chi connectivity index (χ0n) is 10.3. The molecule has 1 aliphatic heterocycles. The second-order valence-corrected chi connectivity index (χ2v) is 4.96. The lowest BCUT2D eigenvalue weighted by Crippen LogP contribution is -2.50. The quantitative estimate of drug-likeness (QED) is 0.809. The van der Waals surface area contributed by atoms with Crippen LogP contribution in [0.4, 0.5) is 18.0 Å². The average Bonchev–Trinajstić information content (AvgIpc) is 2.54. The van der Waals surface area contributed by atoms with E-state index in [2.05, 4.69) is 10.6 Å². The third kappa shape index (κ3) is 3.74. The molecule has 0 aromatic heterocycles. The average molecular weight is 279 g/mol. The number of urea groups is 1. The van der Waals surface area contributed by atoms with Crippen molar-refractivity contribution in [2.45, 2.75) is 43.9 Å². The number of likely N-dealkylation sites (tertiary alicyclic amines) is 1. The fourth-order valence-electron chi connectivity index (χ4n) is 2.18. The van der Waals surface area contributed by atoms with Crippen molar-refractivity contribution in [3.05, 3.63) is 0 Å². The molecule has 2 fully saturated rings. The molecule has 1 aliphatic carbocycles. The Kier molecular flexibility index (Phi) is 3.86. The molecule has 19 heavy (non-hydrogen) atoms. The van der Waals surface area contributed by atoms with E-state index >= 15 is 0 Å². The Morgan fingerprint density at radius 3 is 2.47 bits per heavy atom. The molecule has 0 aromatic carbocycles. The normalized spacial score (nSPS) is 24.3. The molecule has 0 bridgehead atoms. The SMILES string of the molecule is O=C(NC1CCC1)N[C@@H]1CCN(CC(F)(F)F)C1=O. The number of hydrogen-bond acceptors (Lipinski definition) is 2. The molecule has 2 N–H and O–H groups in total. The first-order chi connectivity index (χ1) is 8.85. The summed E-state index contributed by atoms with van der Waals surface area (Å²) in [7, 11) is 0.